The van der Waals surface area contributed by atoms with Crippen molar-refractivity contribution in [2.24, 2.45) is 11.7 Å². The molecule has 1 saturated carbocycles. The fourth-order valence-corrected chi connectivity index (χ4v) is 2.77. The number of aromatic nitrogens is 2. The zero-order valence-electron chi connectivity index (χ0n) is 11.3. The molecule has 1 aromatic heterocycles. The standard InChI is InChI=1S/C14H25N3O/c1-2-7-17-11-16-9-13(17)10-18-14-6-4-3-5-12(14)8-15/h9,11-12,14H,2-8,10,15H2,1H3. The molecule has 2 rings (SSSR count). The first-order valence-electron chi connectivity index (χ1n) is 7.15. The summed E-state index contributed by atoms with van der Waals surface area (Å²) in [5.74, 6) is 0.543. The fourth-order valence-electron chi connectivity index (χ4n) is 2.77. The van der Waals surface area contributed by atoms with Gasteiger partial charge in [0.25, 0.3) is 0 Å². The molecule has 2 unspecified atom stereocenters. The number of rotatable bonds is 6. The topological polar surface area (TPSA) is 53.1 Å². The van der Waals surface area contributed by atoms with Gasteiger partial charge in [-0.25, -0.2) is 4.98 Å². The summed E-state index contributed by atoms with van der Waals surface area (Å²) in [6, 6.07) is 0. The first kappa shape index (κ1) is 13.6. The molecule has 4 nitrogen and oxygen atoms in total. The molecule has 18 heavy (non-hydrogen) atoms. The molecular formula is C14H25N3O. The van der Waals surface area contributed by atoms with Gasteiger partial charge in [-0.2, -0.15) is 0 Å². The zero-order valence-corrected chi connectivity index (χ0v) is 11.3. The SMILES string of the molecule is CCCn1cncc1COC1CCCCC1CN. The molecule has 1 aliphatic carbocycles. The van der Waals surface area contributed by atoms with E-state index >= 15 is 0 Å². The maximum Gasteiger partial charge on any atom is 0.0948 e. The Hall–Kier alpha value is -0.870. The van der Waals surface area contributed by atoms with Crippen LogP contribution in [-0.2, 0) is 17.9 Å². The van der Waals surface area contributed by atoms with Gasteiger partial charge in [-0.3, -0.25) is 0 Å². The van der Waals surface area contributed by atoms with Crippen molar-refractivity contribution in [3.05, 3.63) is 18.2 Å². The van der Waals surface area contributed by atoms with Crippen LogP contribution in [0.2, 0.25) is 0 Å². The van der Waals surface area contributed by atoms with E-state index in [0.717, 1.165) is 25.9 Å². The minimum atomic E-state index is 0.341. The minimum absolute atomic E-state index is 0.341. The Morgan fingerprint density at radius 1 is 1.44 bits per heavy atom. The second-order valence-electron chi connectivity index (χ2n) is 5.21. The molecule has 0 aliphatic heterocycles. The van der Waals surface area contributed by atoms with E-state index in [2.05, 4.69) is 16.5 Å². The number of aryl methyl sites for hydroxylation is 1. The highest BCUT2D eigenvalue weighted by molar-refractivity contribution is 4.96. The van der Waals surface area contributed by atoms with Crippen LogP contribution in [0.5, 0.6) is 0 Å². The highest BCUT2D eigenvalue weighted by Crippen LogP contribution is 2.26. The maximum absolute atomic E-state index is 6.08. The highest BCUT2D eigenvalue weighted by atomic mass is 16.5. The van der Waals surface area contributed by atoms with Crippen molar-refractivity contribution in [3.8, 4) is 0 Å². The average Bonchev–Trinajstić information content (AvgIpc) is 2.84. The third-order valence-corrected chi connectivity index (χ3v) is 3.85. The van der Waals surface area contributed by atoms with Crippen molar-refractivity contribution < 1.29 is 4.74 Å². The van der Waals surface area contributed by atoms with Crippen molar-refractivity contribution in [2.45, 2.75) is 58.3 Å². The summed E-state index contributed by atoms with van der Waals surface area (Å²) >= 11 is 0. The van der Waals surface area contributed by atoms with Gasteiger partial charge < -0.3 is 15.0 Å². The summed E-state index contributed by atoms with van der Waals surface area (Å²) in [5, 5.41) is 0. The van der Waals surface area contributed by atoms with Gasteiger partial charge in [0.15, 0.2) is 0 Å². The van der Waals surface area contributed by atoms with E-state index in [1.807, 2.05) is 12.5 Å². The van der Waals surface area contributed by atoms with Crippen molar-refractivity contribution in [2.75, 3.05) is 6.54 Å². The minimum Gasteiger partial charge on any atom is -0.372 e. The molecular weight excluding hydrogens is 226 g/mol. The van der Waals surface area contributed by atoms with Crippen LogP contribution in [0.25, 0.3) is 0 Å². The number of ether oxygens (including phenoxy) is 1. The zero-order chi connectivity index (χ0) is 12.8. The highest BCUT2D eigenvalue weighted by Gasteiger charge is 2.24. The molecule has 2 N–H and O–H groups in total. The molecule has 0 saturated heterocycles. The lowest BCUT2D eigenvalue weighted by Crippen LogP contribution is -2.33. The quantitative estimate of drug-likeness (QED) is 0.844. The number of hydrogen-bond acceptors (Lipinski definition) is 3. The van der Waals surface area contributed by atoms with Crippen LogP contribution in [0, 0.1) is 5.92 Å². The molecule has 1 aromatic rings. The molecule has 0 aromatic carbocycles. The smallest absolute Gasteiger partial charge is 0.0948 e. The molecule has 102 valence electrons. The molecule has 1 fully saturated rings. The van der Waals surface area contributed by atoms with Gasteiger partial charge in [0.05, 0.1) is 30.9 Å². The number of nitrogens with zero attached hydrogens (tertiary/aromatic N) is 2. The first-order chi connectivity index (χ1) is 8.85. The molecule has 2 atom stereocenters. The molecule has 0 radical (unpaired) electrons. The number of nitrogens with two attached hydrogens (primary N) is 1. The van der Waals surface area contributed by atoms with Crippen LogP contribution in [0.15, 0.2) is 12.5 Å². The largest absolute Gasteiger partial charge is 0.372 e. The lowest BCUT2D eigenvalue weighted by atomic mass is 9.86. The molecule has 0 amide bonds. The summed E-state index contributed by atoms with van der Waals surface area (Å²) in [4.78, 5) is 4.20. The molecule has 1 heterocycles. The Bertz CT molecular complexity index is 351. The fraction of sp³-hybridized carbons (Fsp3) is 0.786. The van der Waals surface area contributed by atoms with Crippen molar-refractivity contribution in [1.29, 1.82) is 0 Å². The van der Waals surface area contributed by atoms with Gasteiger partial charge in [0, 0.05) is 6.54 Å². The summed E-state index contributed by atoms with van der Waals surface area (Å²) < 4.78 is 8.26. The van der Waals surface area contributed by atoms with Crippen LogP contribution in [0.3, 0.4) is 0 Å². The average molecular weight is 251 g/mol. The van der Waals surface area contributed by atoms with E-state index in [9.17, 15) is 0 Å². The second kappa shape index (κ2) is 6.90. The third kappa shape index (κ3) is 3.33. The van der Waals surface area contributed by atoms with Gasteiger partial charge in [0.1, 0.15) is 0 Å². The van der Waals surface area contributed by atoms with Crippen LogP contribution in [0.4, 0.5) is 0 Å². The normalized spacial score (nSPS) is 24.3. The second-order valence-corrected chi connectivity index (χ2v) is 5.21. The van der Waals surface area contributed by atoms with Crippen molar-refractivity contribution >= 4 is 0 Å². The van der Waals surface area contributed by atoms with Crippen LogP contribution < -0.4 is 5.73 Å². The van der Waals surface area contributed by atoms with Crippen molar-refractivity contribution in [3.63, 3.8) is 0 Å². The molecule has 0 spiro atoms. The third-order valence-electron chi connectivity index (χ3n) is 3.85. The summed E-state index contributed by atoms with van der Waals surface area (Å²) in [6.07, 6.45) is 10.2. The van der Waals surface area contributed by atoms with Gasteiger partial charge in [-0.1, -0.05) is 19.8 Å². The number of imidazole rings is 1. The summed E-state index contributed by atoms with van der Waals surface area (Å²) in [6.45, 7) is 4.61. The van der Waals surface area contributed by atoms with Crippen LogP contribution in [0.1, 0.15) is 44.7 Å². The molecule has 0 bridgehead atoms. The predicted molar refractivity (Wildman–Crippen MR) is 72.1 cm³/mol. The van der Waals surface area contributed by atoms with E-state index < -0.39 is 0 Å². The summed E-state index contributed by atoms with van der Waals surface area (Å²) in [5.41, 5.74) is 7.00. The Kier molecular flexibility index (Phi) is 5.20. The lowest BCUT2D eigenvalue weighted by molar-refractivity contribution is -0.0206. The maximum atomic E-state index is 6.08. The molecule has 4 heteroatoms. The van der Waals surface area contributed by atoms with Gasteiger partial charge in [0.2, 0.25) is 0 Å². The van der Waals surface area contributed by atoms with Gasteiger partial charge >= 0.3 is 0 Å². The van der Waals surface area contributed by atoms with E-state index in [1.165, 1.54) is 25.0 Å². The van der Waals surface area contributed by atoms with E-state index in [1.54, 1.807) is 0 Å². The van der Waals surface area contributed by atoms with E-state index in [-0.39, 0.29) is 0 Å². The number of hydrogen-bond donors (Lipinski definition) is 1. The summed E-state index contributed by atoms with van der Waals surface area (Å²) in [7, 11) is 0. The van der Waals surface area contributed by atoms with E-state index in [4.69, 9.17) is 10.5 Å². The Morgan fingerprint density at radius 2 is 2.28 bits per heavy atom. The lowest BCUT2D eigenvalue weighted by Gasteiger charge is -2.30. The van der Waals surface area contributed by atoms with Crippen LogP contribution >= 0.6 is 0 Å². The molecule has 1 aliphatic rings. The predicted octanol–water partition coefficient (Wildman–Crippen LogP) is 2.33. The van der Waals surface area contributed by atoms with Crippen molar-refractivity contribution in [1.82, 2.24) is 9.55 Å². The Morgan fingerprint density at radius 3 is 3.06 bits per heavy atom. The van der Waals surface area contributed by atoms with Gasteiger partial charge in [-0.15, -0.1) is 0 Å². The van der Waals surface area contributed by atoms with Gasteiger partial charge in [-0.05, 0) is 31.7 Å². The van der Waals surface area contributed by atoms with Crippen LogP contribution in [-0.4, -0.2) is 22.2 Å². The Labute approximate surface area is 110 Å². The Balaban J connectivity index is 1.87. The monoisotopic (exact) mass is 251 g/mol. The van der Waals surface area contributed by atoms with E-state index in [0.29, 0.717) is 18.6 Å². The first-order valence-corrected chi connectivity index (χ1v) is 7.15.